The van der Waals surface area contributed by atoms with Gasteiger partial charge in [-0.25, -0.2) is 0 Å². The smallest absolute Gasteiger partial charge is 0.106 e. The van der Waals surface area contributed by atoms with E-state index in [-0.39, 0.29) is 0 Å². The Balaban J connectivity index is 1.26. The molecule has 2 aliphatic carbocycles. The minimum Gasteiger partial charge on any atom is -0.134 e. The number of thiophene rings is 1. The zero-order valence-corrected chi connectivity index (χ0v) is 42.0. The van der Waals surface area contributed by atoms with Gasteiger partial charge in [-0.2, -0.15) is 0 Å². The van der Waals surface area contributed by atoms with Gasteiger partial charge in [-0.3, -0.25) is 0 Å². The van der Waals surface area contributed by atoms with Gasteiger partial charge in [-0.15, -0.1) is 21.5 Å². The fourth-order valence-electron chi connectivity index (χ4n) is 12.4. The number of aromatic nitrogens is 3. The van der Waals surface area contributed by atoms with Gasteiger partial charge in [0.25, 0.3) is 0 Å². The average Bonchev–Trinajstić information content (AvgIpc) is 4.13. The Morgan fingerprint density at radius 3 is 1.45 bits per heavy atom. The Hall–Kier alpha value is -8.57. The fourth-order valence-corrected chi connectivity index (χ4v) is 13.7. The minimum atomic E-state index is 0.811. The van der Waals surface area contributed by atoms with E-state index in [1.165, 1.54) is 115 Å². The highest BCUT2D eigenvalue weighted by Crippen LogP contribution is 2.60. The third-order valence-electron chi connectivity index (χ3n) is 16.0. The summed E-state index contributed by atoms with van der Waals surface area (Å²) in [5.74, 6) is 0. The lowest BCUT2D eigenvalue weighted by atomic mass is 9.75. The van der Waals surface area contributed by atoms with Gasteiger partial charge >= 0.3 is 0 Å². The number of nitrogens with zero attached hydrogens (tertiary/aromatic N) is 3. The molecule has 12 aromatic rings. The molecule has 0 unspecified atom stereocenters. The van der Waals surface area contributed by atoms with Crippen LogP contribution in [0.2, 0.25) is 0 Å². The number of hydrogen-bond donors (Lipinski definition) is 0. The van der Waals surface area contributed by atoms with Crippen molar-refractivity contribution in [3.05, 3.63) is 245 Å². The van der Waals surface area contributed by atoms with Crippen LogP contribution in [-0.4, -0.2) is 15.4 Å². The summed E-state index contributed by atoms with van der Waals surface area (Å²) in [5, 5.41) is 17.9. The first kappa shape index (κ1) is 43.2. The quantitative estimate of drug-likeness (QED) is 0.160. The Kier molecular flexibility index (Phi) is 10.1. The first-order valence-electron chi connectivity index (χ1n) is 25.4. The summed E-state index contributed by atoms with van der Waals surface area (Å²) in [4.78, 5) is 0. The molecule has 0 bridgehead atoms. The topological polar surface area (TPSA) is 38.7 Å². The van der Waals surface area contributed by atoms with E-state index in [0.29, 0.717) is 0 Å². The van der Waals surface area contributed by atoms with Gasteiger partial charge in [0.15, 0.2) is 0 Å². The summed E-state index contributed by atoms with van der Waals surface area (Å²) >= 11 is 1.89. The number of aryl methyl sites for hydroxylation is 2. The minimum absolute atomic E-state index is 0.811. The summed E-state index contributed by atoms with van der Waals surface area (Å²) in [7, 11) is 0. The van der Waals surface area contributed by atoms with Gasteiger partial charge in [-0.05, 0) is 152 Å². The second kappa shape index (κ2) is 17.0. The second-order valence-corrected chi connectivity index (χ2v) is 21.0. The van der Waals surface area contributed by atoms with E-state index in [2.05, 4.69) is 228 Å². The van der Waals surface area contributed by atoms with E-state index in [0.717, 1.165) is 63.2 Å². The largest absolute Gasteiger partial charge is 0.134 e. The lowest BCUT2D eigenvalue weighted by molar-refractivity contribution is 0.878. The Morgan fingerprint density at radius 1 is 0.356 bits per heavy atom. The molecule has 3 nitrogen and oxygen atoms in total. The number of rotatable bonds is 7. The van der Waals surface area contributed by atoms with E-state index in [9.17, 15) is 0 Å². The summed E-state index contributed by atoms with van der Waals surface area (Å²) in [6.45, 7) is 9.22. The lowest BCUT2D eigenvalue weighted by Crippen LogP contribution is -2.07. The van der Waals surface area contributed by atoms with Crippen molar-refractivity contribution >= 4 is 31.5 Å². The van der Waals surface area contributed by atoms with Crippen molar-refractivity contribution in [2.24, 2.45) is 0 Å². The van der Waals surface area contributed by atoms with Crippen LogP contribution in [0.25, 0.3) is 121 Å². The van der Waals surface area contributed by atoms with Crippen molar-refractivity contribution in [1.29, 1.82) is 0 Å². The van der Waals surface area contributed by atoms with Crippen LogP contribution in [0.3, 0.4) is 0 Å². The number of hydrogen-bond acceptors (Lipinski definition) is 4. The maximum atomic E-state index is 5.51. The van der Waals surface area contributed by atoms with Crippen LogP contribution in [0, 0.1) is 27.7 Å². The van der Waals surface area contributed by atoms with Crippen LogP contribution in [0.1, 0.15) is 44.5 Å². The Bertz CT molecular complexity index is 4230. The van der Waals surface area contributed by atoms with Gasteiger partial charge in [0.05, 0.1) is 0 Å². The third kappa shape index (κ3) is 6.67. The van der Waals surface area contributed by atoms with Crippen molar-refractivity contribution in [1.82, 2.24) is 15.4 Å². The highest BCUT2D eigenvalue weighted by molar-refractivity contribution is 7.26. The van der Waals surface area contributed by atoms with E-state index < -0.39 is 0 Å². The molecule has 0 atom stereocenters. The Labute approximate surface area is 430 Å². The standard InChI is InChI=1S/C69H49N3S/c1-40-36-54-50-31-16-14-28-47(50)38-56(54)59(42(40)3)64-61(45-24-10-6-11-25-45)69-63(53-34-20-21-35-58(53)73-69)65(62(64)52-33-19-18-30-49(52)44-22-8-5-9-23-44)68-66(67(70-72-71-68)46-26-12-7-13-27-46)60-43(4)41(2)37-55-51-32-17-15-29-48(51)39-57(55)60/h5-37H,38-39H2,1-4H3. The summed E-state index contributed by atoms with van der Waals surface area (Å²) in [5.41, 5.74) is 31.0. The molecular weight excluding hydrogens is 903 g/mol. The molecule has 346 valence electrons. The highest BCUT2D eigenvalue weighted by Gasteiger charge is 2.36. The molecule has 14 rings (SSSR count). The predicted octanol–water partition coefficient (Wildman–Crippen LogP) is 18.3. The molecule has 0 fully saturated rings. The molecule has 0 radical (unpaired) electrons. The van der Waals surface area contributed by atoms with Crippen LogP contribution in [0.4, 0.5) is 0 Å². The number of fused-ring (bicyclic) bond motifs is 9. The molecule has 73 heavy (non-hydrogen) atoms. The van der Waals surface area contributed by atoms with Crippen LogP contribution in [-0.2, 0) is 12.8 Å². The molecule has 10 aromatic carbocycles. The zero-order valence-electron chi connectivity index (χ0n) is 41.2. The van der Waals surface area contributed by atoms with Crippen molar-refractivity contribution in [3.8, 4) is 100 Å². The van der Waals surface area contributed by atoms with Crippen molar-refractivity contribution in [2.45, 2.75) is 40.5 Å². The van der Waals surface area contributed by atoms with Crippen LogP contribution in [0.15, 0.2) is 200 Å². The van der Waals surface area contributed by atoms with Crippen molar-refractivity contribution < 1.29 is 0 Å². The molecule has 0 amide bonds. The SMILES string of the molecule is Cc1cc2c(c(-c3c(-c4ccccc4)nnnc3-c3c(-c4ccccc4-c4ccccc4)c(-c4c(C)c(C)cc5c4Cc4ccccc4-5)c(-c4ccccc4)c4sc5ccccc5c34)c1C)Cc1ccccc1-2. The first-order chi connectivity index (χ1) is 35.9. The van der Waals surface area contributed by atoms with E-state index in [4.69, 9.17) is 15.4 Å². The van der Waals surface area contributed by atoms with Gasteiger partial charge in [0.2, 0.25) is 0 Å². The molecule has 2 aliphatic rings. The fraction of sp³-hybridized carbons (Fsp3) is 0.0870. The normalized spacial score (nSPS) is 12.3. The molecule has 0 saturated carbocycles. The lowest BCUT2D eigenvalue weighted by Gasteiger charge is -2.28. The maximum Gasteiger partial charge on any atom is 0.106 e. The van der Waals surface area contributed by atoms with E-state index in [1.54, 1.807) is 0 Å². The molecule has 4 heteroatoms. The molecule has 0 saturated heterocycles. The maximum absolute atomic E-state index is 5.51. The van der Waals surface area contributed by atoms with Gasteiger partial charge in [-0.1, -0.05) is 194 Å². The van der Waals surface area contributed by atoms with Gasteiger partial charge < -0.3 is 0 Å². The van der Waals surface area contributed by atoms with Crippen molar-refractivity contribution in [3.63, 3.8) is 0 Å². The highest BCUT2D eigenvalue weighted by atomic mass is 32.1. The van der Waals surface area contributed by atoms with Crippen LogP contribution >= 0.6 is 11.3 Å². The van der Waals surface area contributed by atoms with Gasteiger partial charge in [0.1, 0.15) is 11.4 Å². The van der Waals surface area contributed by atoms with Crippen LogP contribution in [0.5, 0.6) is 0 Å². The summed E-state index contributed by atoms with van der Waals surface area (Å²) in [6, 6.07) is 73.7. The van der Waals surface area contributed by atoms with Gasteiger partial charge in [0, 0.05) is 53.6 Å². The molecule has 0 spiro atoms. The Morgan fingerprint density at radius 2 is 0.836 bits per heavy atom. The number of benzene rings is 10. The zero-order chi connectivity index (χ0) is 48.9. The summed E-state index contributed by atoms with van der Waals surface area (Å²) < 4.78 is 2.46. The second-order valence-electron chi connectivity index (χ2n) is 19.9. The third-order valence-corrected chi connectivity index (χ3v) is 17.2. The first-order valence-corrected chi connectivity index (χ1v) is 26.2. The molecule has 2 aromatic heterocycles. The summed E-state index contributed by atoms with van der Waals surface area (Å²) in [6.07, 6.45) is 1.65. The molecular formula is C69H49N3S. The monoisotopic (exact) mass is 951 g/mol. The van der Waals surface area contributed by atoms with Crippen molar-refractivity contribution in [2.75, 3.05) is 0 Å². The molecule has 2 heterocycles. The average molecular weight is 952 g/mol. The van der Waals surface area contributed by atoms with E-state index >= 15 is 0 Å². The molecule has 0 N–H and O–H groups in total. The van der Waals surface area contributed by atoms with E-state index in [1.807, 2.05) is 11.3 Å². The molecule has 0 aliphatic heterocycles. The predicted molar refractivity (Wildman–Crippen MR) is 306 cm³/mol. The van der Waals surface area contributed by atoms with Crippen LogP contribution < -0.4 is 0 Å².